The number of aromatic nitrogens is 2. The minimum Gasteiger partial charge on any atom is -0.497 e. The van der Waals surface area contributed by atoms with Gasteiger partial charge in [-0.3, -0.25) is 14.7 Å². The first-order valence-electron chi connectivity index (χ1n) is 10.0. The fourth-order valence-corrected chi connectivity index (χ4v) is 4.37. The lowest BCUT2D eigenvalue weighted by Gasteiger charge is -2.21. The number of carbonyl (C=O) groups is 1. The second-order valence-electron chi connectivity index (χ2n) is 6.96. The van der Waals surface area contributed by atoms with E-state index in [1.54, 1.807) is 30.3 Å². The predicted molar refractivity (Wildman–Crippen MR) is 127 cm³/mol. The Morgan fingerprint density at radius 2 is 1.70 bits per heavy atom. The molecule has 33 heavy (non-hydrogen) atoms. The molecule has 0 saturated heterocycles. The molecule has 1 amide bonds. The van der Waals surface area contributed by atoms with Gasteiger partial charge in [0.1, 0.15) is 5.75 Å². The molecule has 2 aromatic carbocycles. The number of carbonyl (C=O) groups excluding carboxylic acids is 1. The van der Waals surface area contributed by atoms with Crippen LogP contribution in [0.25, 0.3) is 10.2 Å². The lowest BCUT2D eigenvalue weighted by molar-refractivity contribution is 0.0984. The summed E-state index contributed by atoms with van der Waals surface area (Å²) in [6.07, 6.45) is 1.70. The van der Waals surface area contributed by atoms with Crippen LogP contribution in [0.2, 0.25) is 0 Å². The third kappa shape index (κ3) is 4.54. The maximum Gasteiger partial charge on any atom is 0.260 e. The van der Waals surface area contributed by atoms with Gasteiger partial charge in [-0.2, -0.15) is 0 Å². The van der Waals surface area contributed by atoms with Gasteiger partial charge in [0, 0.05) is 11.8 Å². The maximum atomic E-state index is 13.8. The summed E-state index contributed by atoms with van der Waals surface area (Å²) in [7, 11) is 6.16. The van der Waals surface area contributed by atoms with E-state index >= 15 is 0 Å². The summed E-state index contributed by atoms with van der Waals surface area (Å²) in [5.74, 6) is 1.66. The molecule has 0 spiro atoms. The Hall–Kier alpha value is -3.85. The predicted octanol–water partition coefficient (Wildman–Crippen LogP) is 4.57. The summed E-state index contributed by atoms with van der Waals surface area (Å²) in [5, 5.41) is 0.544. The van der Waals surface area contributed by atoms with Crippen LogP contribution >= 0.6 is 11.3 Å². The van der Waals surface area contributed by atoms with Crippen molar-refractivity contribution in [1.82, 2.24) is 9.97 Å². The normalized spacial score (nSPS) is 10.7. The Bertz CT molecular complexity index is 1250. The topological polar surface area (TPSA) is 83.0 Å². The Morgan fingerprint density at radius 3 is 2.30 bits per heavy atom. The highest BCUT2D eigenvalue weighted by molar-refractivity contribution is 7.22. The maximum absolute atomic E-state index is 13.8. The second kappa shape index (κ2) is 9.74. The third-order valence-corrected chi connectivity index (χ3v) is 6.06. The van der Waals surface area contributed by atoms with Crippen molar-refractivity contribution in [2.24, 2.45) is 0 Å². The molecule has 0 N–H and O–H groups in total. The van der Waals surface area contributed by atoms with Crippen LogP contribution in [0, 0.1) is 0 Å². The standard InChI is InChI=1S/C24H23N3O5S/c1-29-17-8-9-18-21(13-17)33-24(26-18)27(14-16-7-5-6-10-25-16)23(28)15-11-19(30-2)22(32-4)20(12-15)31-3/h5-13H,14H2,1-4H3. The molecule has 2 heterocycles. The first kappa shape index (κ1) is 22.3. The molecule has 0 radical (unpaired) electrons. The molecule has 9 heteroatoms. The average Bonchev–Trinajstić information content (AvgIpc) is 3.29. The van der Waals surface area contributed by atoms with E-state index in [2.05, 4.69) is 4.98 Å². The van der Waals surface area contributed by atoms with Crippen molar-refractivity contribution in [1.29, 1.82) is 0 Å². The quantitative estimate of drug-likeness (QED) is 0.377. The van der Waals surface area contributed by atoms with E-state index in [-0.39, 0.29) is 12.5 Å². The number of hydrogen-bond acceptors (Lipinski definition) is 8. The van der Waals surface area contributed by atoms with Gasteiger partial charge in [0.05, 0.1) is 50.9 Å². The highest BCUT2D eigenvalue weighted by Crippen LogP contribution is 2.39. The number of benzene rings is 2. The summed E-state index contributed by atoms with van der Waals surface area (Å²) in [5.41, 5.74) is 1.88. The van der Waals surface area contributed by atoms with E-state index in [1.165, 1.54) is 32.7 Å². The molecular formula is C24H23N3O5S. The number of rotatable bonds is 8. The van der Waals surface area contributed by atoms with E-state index in [0.717, 1.165) is 21.7 Å². The number of nitrogens with zero attached hydrogens (tertiary/aromatic N) is 3. The molecule has 0 aliphatic heterocycles. The van der Waals surface area contributed by atoms with Crippen LogP contribution in [0.4, 0.5) is 5.13 Å². The number of ether oxygens (including phenoxy) is 4. The summed E-state index contributed by atoms with van der Waals surface area (Å²) < 4.78 is 22.5. The molecule has 0 atom stereocenters. The first-order valence-corrected chi connectivity index (χ1v) is 10.9. The molecule has 0 saturated carbocycles. The molecule has 170 valence electrons. The van der Waals surface area contributed by atoms with Crippen molar-refractivity contribution >= 4 is 32.6 Å². The molecule has 0 unspecified atom stereocenters. The Kier molecular flexibility index (Phi) is 6.60. The van der Waals surface area contributed by atoms with Gasteiger partial charge >= 0.3 is 0 Å². The fourth-order valence-electron chi connectivity index (χ4n) is 3.38. The van der Waals surface area contributed by atoms with Crippen molar-refractivity contribution in [3.8, 4) is 23.0 Å². The van der Waals surface area contributed by atoms with Gasteiger partial charge in [-0.25, -0.2) is 4.98 Å². The van der Waals surface area contributed by atoms with Crippen molar-refractivity contribution in [3.05, 3.63) is 66.0 Å². The molecule has 0 fully saturated rings. The van der Waals surface area contributed by atoms with E-state index in [1.807, 2.05) is 36.4 Å². The SMILES string of the molecule is COc1ccc2nc(N(Cc3ccccn3)C(=O)c3cc(OC)c(OC)c(OC)c3)sc2c1. The minimum absolute atomic E-state index is 0.243. The van der Waals surface area contributed by atoms with Crippen molar-refractivity contribution < 1.29 is 23.7 Å². The van der Waals surface area contributed by atoms with Crippen LogP contribution in [0.3, 0.4) is 0 Å². The summed E-state index contributed by atoms with van der Waals surface area (Å²) in [6, 6.07) is 14.5. The minimum atomic E-state index is -0.272. The van der Waals surface area contributed by atoms with Gasteiger partial charge < -0.3 is 18.9 Å². The number of fused-ring (bicyclic) bond motifs is 1. The molecule has 0 aliphatic carbocycles. The fraction of sp³-hybridized carbons (Fsp3) is 0.208. The highest BCUT2D eigenvalue weighted by Gasteiger charge is 2.25. The number of methoxy groups -OCH3 is 4. The molecule has 2 aromatic heterocycles. The zero-order valence-corrected chi connectivity index (χ0v) is 19.5. The van der Waals surface area contributed by atoms with Crippen LogP contribution in [0.15, 0.2) is 54.7 Å². The Labute approximate surface area is 195 Å². The van der Waals surface area contributed by atoms with Gasteiger partial charge in [-0.1, -0.05) is 17.4 Å². The van der Waals surface area contributed by atoms with Crippen molar-refractivity contribution in [3.63, 3.8) is 0 Å². The molecule has 4 rings (SSSR count). The highest BCUT2D eigenvalue weighted by atomic mass is 32.1. The number of amides is 1. The summed E-state index contributed by atoms with van der Waals surface area (Å²) >= 11 is 1.40. The lowest BCUT2D eigenvalue weighted by Crippen LogP contribution is -2.30. The lowest BCUT2D eigenvalue weighted by atomic mass is 10.1. The van der Waals surface area contributed by atoms with Gasteiger partial charge in [0.15, 0.2) is 16.6 Å². The second-order valence-corrected chi connectivity index (χ2v) is 7.97. The number of hydrogen-bond donors (Lipinski definition) is 0. The van der Waals surface area contributed by atoms with Gasteiger partial charge in [0.2, 0.25) is 5.75 Å². The number of thiazole rings is 1. The average molecular weight is 466 g/mol. The van der Waals surface area contributed by atoms with Crippen molar-refractivity contribution in [2.45, 2.75) is 6.54 Å². The van der Waals surface area contributed by atoms with Crippen LogP contribution in [-0.4, -0.2) is 44.3 Å². The van der Waals surface area contributed by atoms with Crippen LogP contribution in [-0.2, 0) is 6.54 Å². The van der Waals surface area contributed by atoms with E-state index in [4.69, 9.17) is 23.9 Å². The van der Waals surface area contributed by atoms with E-state index < -0.39 is 0 Å². The molecule has 8 nitrogen and oxygen atoms in total. The summed E-state index contributed by atoms with van der Waals surface area (Å²) in [4.78, 5) is 24.5. The van der Waals surface area contributed by atoms with Crippen LogP contribution < -0.4 is 23.8 Å². The van der Waals surface area contributed by atoms with Gasteiger partial charge in [0.25, 0.3) is 5.91 Å². The van der Waals surface area contributed by atoms with Crippen molar-refractivity contribution in [2.75, 3.05) is 33.3 Å². The number of anilines is 1. The molecular weight excluding hydrogens is 442 g/mol. The van der Waals surface area contributed by atoms with E-state index in [9.17, 15) is 4.79 Å². The zero-order valence-electron chi connectivity index (χ0n) is 18.7. The van der Waals surface area contributed by atoms with Crippen LogP contribution in [0.5, 0.6) is 23.0 Å². The van der Waals surface area contributed by atoms with Crippen LogP contribution in [0.1, 0.15) is 16.1 Å². The summed E-state index contributed by atoms with van der Waals surface area (Å²) in [6.45, 7) is 0.243. The molecule has 0 aliphatic rings. The Morgan fingerprint density at radius 1 is 0.939 bits per heavy atom. The van der Waals surface area contributed by atoms with Gasteiger partial charge in [-0.05, 0) is 42.5 Å². The molecule has 0 bridgehead atoms. The Balaban J connectivity index is 1.81. The first-order chi connectivity index (χ1) is 16.1. The number of pyridine rings is 1. The smallest absolute Gasteiger partial charge is 0.260 e. The monoisotopic (exact) mass is 465 g/mol. The largest absolute Gasteiger partial charge is 0.497 e. The molecule has 4 aromatic rings. The third-order valence-electron chi connectivity index (χ3n) is 5.02. The van der Waals surface area contributed by atoms with Gasteiger partial charge in [-0.15, -0.1) is 0 Å². The van der Waals surface area contributed by atoms with E-state index in [0.29, 0.717) is 27.9 Å². The zero-order chi connectivity index (χ0) is 23.4.